The van der Waals surface area contributed by atoms with Crippen molar-refractivity contribution in [3.05, 3.63) is 54.2 Å². The lowest BCUT2D eigenvalue weighted by atomic mass is 10.0. The quantitative estimate of drug-likeness (QED) is 0.481. The Bertz CT molecular complexity index is 1190. The summed E-state index contributed by atoms with van der Waals surface area (Å²) in [6.07, 6.45) is 8.76. The zero-order chi connectivity index (χ0) is 22.8. The molecule has 0 atom stereocenters. The number of anilines is 1. The molecule has 1 aliphatic carbocycles. The third kappa shape index (κ3) is 4.53. The Morgan fingerprint density at radius 2 is 1.76 bits per heavy atom. The maximum Gasteiger partial charge on any atom is 0.264 e. The maximum absolute atomic E-state index is 13.9. The average molecular weight is 468 g/mol. The van der Waals surface area contributed by atoms with Gasteiger partial charge in [0.1, 0.15) is 0 Å². The summed E-state index contributed by atoms with van der Waals surface area (Å²) in [5.74, 6) is 0.550. The van der Waals surface area contributed by atoms with E-state index in [-0.39, 0.29) is 6.04 Å². The number of sulfonamides is 1. The summed E-state index contributed by atoms with van der Waals surface area (Å²) in [6, 6.07) is 13.5. The summed E-state index contributed by atoms with van der Waals surface area (Å²) >= 11 is 0. The number of benzene rings is 2. The molecule has 2 fully saturated rings. The second kappa shape index (κ2) is 9.47. The minimum Gasteiger partial charge on any atom is -0.381 e. The van der Waals surface area contributed by atoms with Gasteiger partial charge in [-0.15, -0.1) is 0 Å². The Kier molecular flexibility index (Phi) is 6.43. The second-order valence-electron chi connectivity index (χ2n) is 9.36. The summed E-state index contributed by atoms with van der Waals surface area (Å²) < 4.78 is 37.0. The molecule has 6 nitrogen and oxygen atoms in total. The minimum atomic E-state index is -3.69. The van der Waals surface area contributed by atoms with Gasteiger partial charge in [0.05, 0.1) is 22.3 Å². The first-order valence-electron chi connectivity index (χ1n) is 12.2. The number of hydrogen-bond acceptors (Lipinski definition) is 4. The number of aromatic nitrogens is 2. The van der Waals surface area contributed by atoms with E-state index in [1.54, 1.807) is 22.6 Å². The third-order valence-electron chi connectivity index (χ3n) is 7.20. The van der Waals surface area contributed by atoms with E-state index in [9.17, 15) is 8.42 Å². The highest BCUT2D eigenvalue weighted by atomic mass is 32.2. The fourth-order valence-corrected chi connectivity index (χ4v) is 6.97. The van der Waals surface area contributed by atoms with E-state index in [0.717, 1.165) is 81.3 Å². The van der Waals surface area contributed by atoms with Gasteiger partial charge in [-0.2, -0.15) is 5.10 Å². The van der Waals surface area contributed by atoms with Crippen LogP contribution in [0.3, 0.4) is 0 Å². The van der Waals surface area contributed by atoms with Crippen LogP contribution in [0.25, 0.3) is 10.9 Å². The molecule has 1 aromatic heterocycles. The van der Waals surface area contributed by atoms with Gasteiger partial charge in [-0.05, 0) is 73.9 Å². The summed E-state index contributed by atoms with van der Waals surface area (Å²) in [4.78, 5) is 0.340. The highest BCUT2D eigenvalue weighted by molar-refractivity contribution is 7.92. The summed E-state index contributed by atoms with van der Waals surface area (Å²) in [5, 5.41) is 5.45. The summed E-state index contributed by atoms with van der Waals surface area (Å²) in [6.45, 7) is 4.57. The minimum absolute atomic E-state index is 0.00872. The molecule has 1 saturated heterocycles. The molecule has 2 heterocycles. The molecule has 2 aliphatic rings. The van der Waals surface area contributed by atoms with Crippen LogP contribution >= 0.6 is 0 Å². The Morgan fingerprint density at radius 3 is 2.45 bits per heavy atom. The Labute approximate surface area is 196 Å². The first kappa shape index (κ1) is 22.4. The smallest absolute Gasteiger partial charge is 0.264 e. The predicted molar refractivity (Wildman–Crippen MR) is 131 cm³/mol. The molecule has 1 aliphatic heterocycles. The Morgan fingerprint density at radius 1 is 1.03 bits per heavy atom. The topological polar surface area (TPSA) is 64.4 Å². The first-order valence-corrected chi connectivity index (χ1v) is 13.7. The number of ether oxygens (including phenoxy) is 1. The van der Waals surface area contributed by atoms with E-state index in [1.807, 2.05) is 35.0 Å². The van der Waals surface area contributed by atoms with Gasteiger partial charge in [0.2, 0.25) is 0 Å². The van der Waals surface area contributed by atoms with Crippen molar-refractivity contribution >= 4 is 26.6 Å². The SMILES string of the molecule is CCc1ccc(N(C2CCCC2)S(=O)(=O)c2ccc3c(cnn3CC3CCOCC3)c2)cc1. The van der Waals surface area contributed by atoms with E-state index in [1.165, 1.54) is 5.56 Å². The normalized spacial score (nSPS) is 18.2. The largest absolute Gasteiger partial charge is 0.381 e. The van der Waals surface area contributed by atoms with Gasteiger partial charge < -0.3 is 4.74 Å². The zero-order valence-corrected chi connectivity index (χ0v) is 20.1. The molecule has 7 heteroatoms. The second-order valence-corrected chi connectivity index (χ2v) is 11.2. The van der Waals surface area contributed by atoms with Crippen molar-refractivity contribution in [2.75, 3.05) is 17.5 Å². The molecule has 0 bridgehead atoms. The lowest BCUT2D eigenvalue weighted by Gasteiger charge is -2.30. The molecule has 0 spiro atoms. The lowest BCUT2D eigenvalue weighted by Crippen LogP contribution is -2.39. The Balaban J connectivity index is 1.47. The van der Waals surface area contributed by atoms with Gasteiger partial charge >= 0.3 is 0 Å². The molecule has 0 unspecified atom stereocenters. The van der Waals surface area contributed by atoms with E-state index >= 15 is 0 Å². The van der Waals surface area contributed by atoms with Gasteiger partial charge in [-0.3, -0.25) is 8.99 Å². The molecule has 0 radical (unpaired) electrons. The molecule has 3 aromatic rings. The van der Waals surface area contributed by atoms with Crippen molar-refractivity contribution in [3.63, 3.8) is 0 Å². The van der Waals surface area contributed by atoms with E-state index < -0.39 is 10.0 Å². The van der Waals surface area contributed by atoms with E-state index in [2.05, 4.69) is 12.0 Å². The molecular formula is C26H33N3O3S. The van der Waals surface area contributed by atoms with Crippen LogP contribution in [-0.2, 0) is 27.7 Å². The van der Waals surface area contributed by atoms with Crippen molar-refractivity contribution in [2.24, 2.45) is 5.92 Å². The van der Waals surface area contributed by atoms with Crippen LogP contribution in [0.5, 0.6) is 0 Å². The molecule has 1 saturated carbocycles. The molecule has 0 N–H and O–H groups in total. The lowest BCUT2D eigenvalue weighted by molar-refractivity contribution is 0.0605. The Hall–Kier alpha value is -2.38. The van der Waals surface area contributed by atoms with Crippen molar-refractivity contribution < 1.29 is 13.2 Å². The van der Waals surface area contributed by atoms with Crippen molar-refractivity contribution in [2.45, 2.75) is 69.4 Å². The van der Waals surface area contributed by atoms with Gasteiger partial charge in [0.15, 0.2) is 0 Å². The van der Waals surface area contributed by atoms with Gasteiger partial charge in [-0.25, -0.2) is 8.42 Å². The van der Waals surface area contributed by atoms with E-state index in [4.69, 9.17) is 4.74 Å². The van der Waals surface area contributed by atoms with Crippen LogP contribution in [0, 0.1) is 5.92 Å². The molecular weight excluding hydrogens is 434 g/mol. The standard InChI is InChI=1S/C26H33N3O3S/c1-2-20-7-9-24(10-8-20)29(23-5-3-4-6-23)33(30,31)25-11-12-26-22(17-25)18-27-28(26)19-21-13-15-32-16-14-21/h7-12,17-18,21,23H,2-6,13-16,19H2,1H3. The van der Waals surface area contributed by atoms with Crippen LogP contribution < -0.4 is 4.31 Å². The van der Waals surface area contributed by atoms with Crippen LogP contribution in [0.1, 0.15) is 51.0 Å². The molecule has 5 rings (SSSR count). The number of aryl methyl sites for hydroxylation is 1. The van der Waals surface area contributed by atoms with Gasteiger partial charge in [0, 0.05) is 31.2 Å². The van der Waals surface area contributed by atoms with Crippen molar-refractivity contribution in [1.29, 1.82) is 0 Å². The molecule has 2 aromatic carbocycles. The number of rotatable bonds is 7. The fraction of sp³-hybridized carbons (Fsp3) is 0.500. The highest BCUT2D eigenvalue weighted by Crippen LogP contribution is 2.34. The summed E-state index contributed by atoms with van der Waals surface area (Å²) in [5.41, 5.74) is 2.95. The van der Waals surface area contributed by atoms with Crippen LogP contribution in [0.4, 0.5) is 5.69 Å². The summed E-state index contributed by atoms with van der Waals surface area (Å²) in [7, 11) is -3.69. The monoisotopic (exact) mass is 467 g/mol. The highest BCUT2D eigenvalue weighted by Gasteiger charge is 2.34. The number of fused-ring (bicyclic) bond motifs is 1. The average Bonchev–Trinajstić information content (AvgIpc) is 3.50. The zero-order valence-electron chi connectivity index (χ0n) is 19.3. The number of nitrogens with zero attached hydrogens (tertiary/aromatic N) is 3. The van der Waals surface area contributed by atoms with Gasteiger partial charge in [-0.1, -0.05) is 31.9 Å². The first-order chi connectivity index (χ1) is 16.1. The van der Waals surface area contributed by atoms with Gasteiger partial charge in [0.25, 0.3) is 10.0 Å². The van der Waals surface area contributed by atoms with Crippen LogP contribution in [0.2, 0.25) is 0 Å². The van der Waals surface area contributed by atoms with E-state index in [0.29, 0.717) is 10.8 Å². The van der Waals surface area contributed by atoms with Crippen LogP contribution in [0.15, 0.2) is 53.6 Å². The predicted octanol–water partition coefficient (Wildman–Crippen LogP) is 5.16. The molecule has 176 valence electrons. The molecule has 33 heavy (non-hydrogen) atoms. The fourth-order valence-electron chi connectivity index (χ4n) is 5.22. The number of hydrogen-bond donors (Lipinski definition) is 0. The third-order valence-corrected chi connectivity index (χ3v) is 9.07. The molecule has 0 amide bonds. The van der Waals surface area contributed by atoms with Crippen LogP contribution in [-0.4, -0.2) is 37.5 Å². The maximum atomic E-state index is 13.9. The van der Waals surface area contributed by atoms with Crippen molar-refractivity contribution in [3.8, 4) is 0 Å². The van der Waals surface area contributed by atoms with Crippen molar-refractivity contribution in [1.82, 2.24) is 9.78 Å².